The molecule has 2 aromatic rings. The summed E-state index contributed by atoms with van der Waals surface area (Å²) in [5.74, 6) is 0. The second-order valence-corrected chi connectivity index (χ2v) is 4.53. The van der Waals surface area contributed by atoms with Crippen LogP contribution in [-0.4, -0.2) is 10.2 Å². The van der Waals surface area contributed by atoms with E-state index in [0.717, 1.165) is 5.69 Å². The third kappa shape index (κ3) is 1.24. The van der Waals surface area contributed by atoms with E-state index >= 15 is 0 Å². The molecule has 1 aromatic heterocycles. The number of H-pyrrole nitrogens is 1. The smallest absolute Gasteiger partial charge is 0.0490 e. The van der Waals surface area contributed by atoms with Crippen LogP contribution >= 0.6 is 0 Å². The van der Waals surface area contributed by atoms with Gasteiger partial charge in [0.25, 0.3) is 0 Å². The Labute approximate surface area is 94.7 Å². The molecule has 0 spiro atoms. The van der Waals surface area contributed by atoms with Crippen molar-refractivity contribution in [3.05, 3.63) is 47.8 Å². The molecular formula is C13H15N3. The van der Waals surface area contributed by atoms with Crippen molar-refractivity contribution < 1.29 is 0 Å². The van der Waals surface area contributed by atoms with Gasteiger partial charge in [0.05, 0.1) is 0 Å². The highest BCUT2D eigenvalue weighted by Gasteiger charge is 2.41. The lowest BCUT2D eigenvalue weighted by molar-refractivity contribution is 0.293. The van der Waals surface area contributed by atoms with Gasteiger partial charge in [-0.05, 0) is 36.6 Å². The van der Waals surface area contributed by atoms with Crippen molar-refractivity contribution in [2.24, 2.45) is 0 Å². The molecule has 0 radical (unpaired) electrons. The minimum atomic E-state index is 0.131. The minimum absolute atomic E-state index is 0.131. The van der Waals surface area contributed by atoms with Crippen LogP contribution in [0.4, 0.5) is 5.69 Å². The number of benzene rings is 1. The summed E-state index contributed by atoms with van der Waals surface area (Å²) < 4.78 is 0. The average Bonchev–Trinajstić information content (AvgIpc) is 2.70. The number of aromatic amines is 1. The summed E-state index contributed by atoms with van der Waals surface area (Å²) >= 11 is 0. The van der Waals surface area contributed by atoms with Gasteiger partial charge in [-0.2, -0.15) is 5.10 Å². The van der Waals surface area contributed by atoms with Gasteiger partial charge in [-0.25, -0.2) is 0 Å². The highest BCUT2D eigenvalue weighted by Crippen LogP contribution is 2.48. The Balaban J connectivity index is 2.09. The predicted molar refractivity (Wildman–Crippen MR) is 64.1 cm³/mol. The summed E-state index contributed by atoms with van der Waals surface area (Å²) in [5.41, 5.74) is 9.35. The molecule has 0 unspecified atom stereocenters. The van der Waals surface area contributed by atoms with Crippen molar-refractivity contribution in [1.82, 2.24) is 10.2 Å². The lowest BCUT2D eigenvalue weighted by atomic mass is 9.62. The molecule has 0 bridgehead atoms. The Kier molecular flexibility index (Phi) is 1.99. The number of anilines is 1. The maximum absolute atomic E-state index is 5.86. The van der Waals surface area contributed by atoms with Crippen LogP contribution in [0.2, 0.25) is 0 Å². The van der Waals surface area contributed by atoms with Crippen LogP contribution in [-0.2, 0) is 5.41 Å². The molecule has 3 heteroatoms. The maximum Gasteiger partial charge on any atom is 0.0490 e. The molecule has 0 amide bonds. The standard InChI is InChI=1S/C13H15N3/c14-11-4-1-3-10(9-11)13(6-2-7-13)12-5-8-15-16-12/h1,3-5,8-9H,2,6-7,14H2,(H,15,16). The Hall–Kier alpha value is -1.77. The molecule has 0 saturated heterocycles. The fourth-order valence-electron chi connectivity index (χ4n) is 2.60. The molecule has 16 heavy (non-hydrogen) atoms. The van der Waals surface area contributed by atoms with Crippen LogP contribution in [0, 0.1) is 0 Å². The Morgan fingerprint density at radius 1 is 1.25 bits per heavy atom. The summed E-state index contributed by atoms with van der Waals surface area (Å²) in [6.07, 6.45) is 5.45. The van der Waals surface area contributed by atoms with Crippen molar-refractivity contribution in [2.45, 2.75) is 24.7 Å². The van der Waals surface area contributed by atoms with E-state index < -0.39 is 0 Å². The van der Waals surface area contributed by atoms with Crippen LogP contribution in [0.3, 0.4) is 0 Å². The number of nitrogens with zero attached hydrogens (tertiary/aromatic N) is 1. The molecule has 1 aliphatic carbocycles. The first-order chi connectivity index (χ1) is 7.81. The van der Waals surface area contributed by atoms with Crippen LogP contribution in [0.5, 0.6) is 0 Å². The lowest BCUT2D eigenvalue weighted by Gasteiger charge is -2.41. The molecule has 3 nitrogen and oxygen atoms in total. The molecule has 3 rings (SSSR count). The van der Waals surface area contributed by atoms with E-state index in [4.69, 9.17) is 5.73 Å². The topological polar surface area (TPSA) is 54.7 Å². The van der Waals surface area contributed by atoms with E-state index in [1.807, 2.05) is 18.3 Å². The van der Waals surface area contributed by atoms with Crippen LogP contribution in [0.25, 0.3) is 0 Å². The van der Waals surface area contributed by atoms with Gasteiger partial charge in [-0.1, -0.05) is 18.6 Å². The van der Waals surface area contributed by atoms with Gasteiger partial charge in [0.1, 0.15) is 0 Å². The molecule has 1 aliphatic rings. The summed E-state index contributed by atoms with van der Waals surface area (Å²) in [4.78, 5) is 0. The van der Waals surface area contributed by atoms with Crippen molar-refractivity contribution in [2.75, 3.05) is 5.73 Å². The Bertz CT molecular complexity index is 484. The van der Waals surface area contributed by atoms with Crippen molar-refractivity contribution in [3.8, 4) is 0 Å². The van der Waals surface area contributed by atoms with Gasteiger partial charge in [-0.15, -0.1) is 0 Å². The zero-order valence-corrected chi connectivity index (χ0v) is 9.11. The van der Waals surface area contributed by atoms with E-state index in [0.29, 0.717) is 0 Å². The molecule has 3 N–H and O–H groups in total. The number of nitrogen functional groups attached to an aromatic ring is 1. The van der Waals surface area contributed by atoms with Crippen molar-refractivity contribution >= 4 is 5.69 Å². The van der Waals surface area contributed by atoms with Gasteiger partial charge >= 0.3 is 0 Å². The van der Waals surface area contributed by atoms with Gasteiger partial charge < -0.3 is 5.73 Å². The third-order valence-electron chi connectivity index (χ3n) is 3.66. The van der Waals surface area contributed by atoms with E-state index in [9.17, 15) is 0 Å². The first kappa shape index (κ1) is 9.46. The lowest BCUT2D eigenvalue weighted by Crippen LogP contribution is -2.35. The normalized spacial score (nSPS) is 18.0. The van der Waals surface area contributed by atoms with Gasteiger partial charge in [-0.3, -0.25) is 5.10 Å². The summed E-state index contributed by atoms with van der Waals surface area (Å²) in [6, 6.07) is 10.3. The van der Waals surface area contributed by atoms with Crippen molar-refractivity contribution in [1.29, 1.82) is 0 Å². The highest BCUT2D eigenvalue weighted by molar-refractivity contribution is 5.47. The van der Waals surface area contributed by atoms with E-state index in [2.05, 4.69) is 28.4 Å². The van der Waals surface area contributed by atoms with Gasteiger partial charge in [0, 0.05) is 23.0 Å². The molecular weight excluding hydrogens is 198 g/mol. The predicted octanol–water partition coefficient (Wildman–Crippen LogP) is 2.46. The number of aromatic nitrogens is 2. The van der Waals surface area contributed by atoms with Gasteiger partial charge in [0.15, 0.2) is 0 Å². The largest absolute Gasteiger partial charge is 0.399 e. The van der Waals surface area contributed by atoms with Crippen molar-refractivity contribution in [3.63, 3.8) is 0 Å². The molecule has 1 fully saturated rings. The van der Waals surface area contributed by atoms with Crippen LogP contribution in [0.15, 0.2) is 36.5 Å². The van der Waals surface area contributed by atoms with E-state index in [1.54, 1.807) is 0 Å². The fourth-order valence-corrected chi connectivity index (χ4v) is 2.60. The summed E-state index contributed by atoms with van der Waals surface area (Å²) in [5, 5.41) is 7.17. The third-order valence-corrected chi connectivity index (χ3v) is 3.66. The number of nitrogens with two attached hydrogens (primary N) is 1. The Morgan fingerprint density at radius 3 is 2.69 bits per heavy atom. The number of rotatable bonds is 2. The highest BCUT2D eigenvalue weighted by atomic mass is 15.1. The first-order valence-corrected chi connectivity index (χ1v) is 5.67. The quantitative estimate of drug-likeness (QED) is 0.753. The minimum Gasteiger partial charge on any atom is -0.399 e. The van der Waals surface area contributed by atoms with E-state index in [-0.39, 0.29) is 5.41 Å². The second-order valence-electron chi connectivity index (χ2n) is 4.53. The number of nitrogens with one attached hydrogen (secondary N) is 1. The molecule has 0 aliphatic heterocycles. The SMILES string of the molecule is Nc1cccc(C2(c3ccn[nH]3)CCC2)c1. The monoisotopic (exact) mass is 213 g/mol. The van der Waals surface area contributed by atoms with Gasteiger partial charge in [0.2, 0.25) is 0 Å². The molecule has 0 atom stereocenters. The first-order valence-electron chi connectivity index (χ1n) is 5.67. The fraction of sp³-hybridized carbons (Fsp3) is 0.308. The van der Waals surface area contributed by atoms with E-state index in [1.165, 1.54) is 30.5 Å². The van der Waals surface area contributed by atoms with Crippen LogP contribution in [0.1, 0.15) is 30.5 Å². The maximum atomic E-state index is 5.86. The average molecular weight is 213 g/mol. The number of hydrogen-bond donors (Lipinski definition) is 2. The van der Waals surface area contributed by atoms with Crippen LogP contribution < -0.4 is 5.73 Å². The number of hydrogen-bond acceptors (Lipinski definition) is 2. The molecule has 82 valence electrons. The second kappa shape index (κ2) is 3.37. The summed E-state index contributed by atoms with van der Waals surface area (Å²) in [6.45, 7) is 0. The zero-order chi connectivity index (χ0) is 11.0. The zero-order valence-electron chi connectivity index (χ0n) is 9.11. The summed E-state index contributed by atoms with van der Waals surface area (Å²) in [7, 11) is 0. The molecule has 1 heterocycles. The molecule has 1 aromatic carbocycles. The Morgan fingerprint density at radius 2 is 2.12 bits per heavy atom. The molecule has 1 saturated carbocycles.